The van der Waals surface area contributed by atoms with Crippen molar-refractivity contribution in [1.29, 1.82) is 0 Å². The Morgan fingerprint density at radius 3 is 2.50 bits per heavy atom. The van der Waals surface area contributed by atoms with E-state index in [1.807, 2.05) is 36.4 Å². The molecule has 2 amide bonds. The quantitative estimate of drug-likeness (QED) is 0.749. The Balaban J connectivity index is 1.37. The molecule has 3 heterocycles. The molecule has 2 saturated heterocycles. The molecule has 0 aliphatic carbocycles. The first-order chi connectivity index (χ1) is 13.5. The molecule has 2 fully saturated rings. The van der Waals surface area contributed by atoms with E-state index in [1.165, 1.54) is 0 Å². The van der Waals surface area contributed by atoms with E-state index < -0.39 is 17.8 Å². The maximum absolute atomic E-state index is 13.2. The molecule has 0 aromatic heterocycles. The van der Waals surface area contributed by atoms with Crippen LogP contribution in [-0.2, 0) is 14.3 Å². The predicted molar refractivity (Wildman–Crippen MR) is 101 cm³/mol. The molecule has 28 heavy (non-hydrogen) atoms. The van der Waals surface area contributed by atoms with Gasteiger partial charge in [0.1, 0.15) is 12.6 Å². The summed E-state index contributed by atoms with van der Waals surface area (Å²) < 4.78 is 10.2. The van der Waals surface area contributed by atoms with Gasteiger partial charge in [-0.2, -0.15) is 0 Å². The van der Waals surface area contributed by atoms with Crippen LogP contribution in [0.2, 0.25) is 0 Å². The SMILES string of the molecule is C[C@@H](C(=O)N1CCC2(CC1)COC(=O)O2)N1C(=O)c2cccc3cccc1c23. The monoisotopic (exact) mass is 380 g/mol. The third kappa shape index (κ3) is 2.38. The van der Waals surface area contributed by atoms with Gasteiger partial charge in [0.05, 0.1) is 5.69 Å². The van der Waals surface area contributed by atoms with Gasteiger partial charge in [0.15, 0.2) is 5.60 Å². The summed E-state index contributed by atoms with van der Waals surface area (Å²) >= 11 is 0. The van der Waals surface area contributed by atoms with Crippen LogP contribution in [0, 0.1) is 0 Å². The third-order valence-corrected chi connectivity index (χ3v) is 6.08. The highest BCUT2D eigenvalue weighted by atomic mass is 16.8. The van der Waals surface area contributed by atoms with Crippen LogP contribution in [0.3, 0.4) is 0 Å². The zero-order chi connectivity index (χ0) is 19.5. The summed E-state index contributed by atoms with van der Waals surface area (Å²) in [5.41, 5.74) is 0.813. The molecule has 2 aromatic carbocycles. The molecule has 3 aliphatic heterocycles. The lowest BCUT2D eigenvalue weighted by Gasteiger charge is -2.38. The van der Waals surface area contributed by atoms with E-state index in [0.29, 0.717) is 31.5 Å². The van der Waals surface area contributed by atoms with Gasteiger partial charge in [-0.1, -0.05) is 24.3 Å². The van der Waals surface area contributed by atoms with Gasteiger partial charge in [0.2, 0.25) is 5.91 Å². The number of carbonyl (C=O) groups excluding carboxylic acids is 3. The zero-order valence-electron chi connectivity index (χ0n) is 15.5. The number of hydrogen-bond acceptors (Lipinski definition) is 5. The van der Waals surface area contributed by atoms with Gasteiger partial charge in [0, 0.05) is 36.9 Å². The lowest BCUT2D eigenvalue weighted by atomic mass is 9.92. The van der Waals surface area contributed by atoms with Crippen LogP contribution in [0.4, 0.5) is 10.5 Å². The van der Waals surface area contributed by atoms with Crippen molar-refractivity contribution in [3.63, 3.8) is 0 Å². The molecule has 7 nitrogen and oxygen atoms in total. The molecule has 0 saturated carbocycles. The second kappa shape index (κ2) is 5.95. The molecule has 3 aliphatic rings. The molecule has 7 heteroatoms. The van der Waals surface area contributed by atoms with Crippen LogP contribution in [0.5, 0.6) is 0 Å². The van der Waals surface area contributed by atoms with E-state index in [0.717, 1.165) is 16.5 Å². The topological polar surface area (TPSA) is 76.2 Å². The van der Waals surface area contributed by atoms with Gasteiger partial charge in [-0.15, -0.1) is 0 Å². The van der Waals surface area contributed by atoms with E-state index >= 15 is 0 Å². The molecule has 144 valence electrons. The number of likely N-dealkylation sites (tertiary alicyclic amines) is 1. The van der Waals surface area contributed by atoms with Crippen LogP contribution in [0.15, 0.2) is 36.4 Å². The molecule has 5 rings (SSSR count). The highest BCUT2D eigenvalue weighted by molar-refractivity contribution is 6.26. The third-order valence-electron chi connectivity index (χ3n) is 6.08. The standard InChI is InChI=1S/C21H20N2O5/c1-13(18(24)22-10-8-21(9-11-22)12-27-20(26)28-21)23-16-7-3-5-14-4-2-6-15(17(14)16)19(23)25/h2-7,13H,8-12H2,1H3/t13-/m0/s1. The Labute approximate surface area is 161 Å². The second-order valence-electron chi connectivity index (χ2n) is 7.68. The minimum Gasteiger partial charge on any atom is -0.430 e. The molecule has 0 bridgehead atoms. The Bertz CT molecular complexity index is 1000. The van der Waals surface area contributed by atoms with Crippen molar-refractivity contribution in [2.24, 2.45) is 0 Å². The van der Waals surface area contributed by atoms with E-state index in [1.54, 1.807) is 16.7 Å². The molecule has 0 unspecified atom stereocenters. The Kier molecular flexibility index (Phi) is 3.62. The fraction of sp³-hybridized carbons (Fsp3) is 0.381. The maximum atomic E-state index is 13.2. The minimum atomic E-state index is -0.637. The number of piperidine rings is 1. The Morgan fingerprint density at radius 1 is 1.11 bits per heavy atom. The van der Waals surface area contributed by atoms with Gasteiger partial charge in [-0.05, 0) is 24.4 Å². The summed E-state index contributed by atoms with van der Waals surface area (Å²) in [6.07, 6.45) is 0.448. The summed E-state index contributed by atoms with van der Waals surface area (Å²) in [7, 11) is 0. The number of ether oxygens (including phenoxy) is 2. The molecule has 1 atom stereocenters. The van der Waals surface area contributed by atoms with Crippen LogP contribution in [0.1, 0.15) is 30.1 Å². The van der Waals surface area contributed by atoms with Crippen molar-refractivity contribution in [3.05, 3.63) is 42.0 Å². The number of amides is 2. The predicted octanol–water partition coefficient (Wildman–Crippen LogP) is 2.72. The number of anilines is 1. The molecular weight excluding hydrogens is 360 g/mol. The molecule has 0 radical (unpaired) electrons. The lowest BCUT2D eigenvalue weighted by molar-refractivity contribution is -0.135. The van der Waals surface area contributed by atoms with Crippen LogP contribution >= 0.6 is 0 Å². The van der Waals surface area contributed by atoms with Crippen molar-refractivity contribution >= 4 is 34.4 Å². The van der Waals surface area contributed by atoms with Gasteiger partial charge < -0.3 is 14.4 Å². The normalized spacial score (nSPS) is 21.2. The van der Waals surface area contributed by atoms with E-state index in [-0.39, 0.29) is 18.4 Å². The minimum absolute atomic E-state index is 0.0988. The number of hydrogen-bond donors (Lipinski definition) is 0. The molecular formula is C21H20N2O5. The number of carbonyl (C=O) groups is 3. The van der Waals surface area contributed by atoms with Crippen molar-refractivity contribution in [2.45, 2.75) is 31.4 Å². The van der Waals surface area contributed by atoms with Gasteiger partial charge in [-0.3, -0.25) is 14.5 Å². The average Bonchev–Trinajstić information content (AvgIpc) is 3.21. The fourth-order valence-corrected chi connectivity index (χ4v) is 4.51. The van der Waals surface area contributed by atoms with Crippen LogP contribution < -0.4 is 4.90 Å². The van der Waals surface area contributed by atoms with Crippen molar-refractivity contribution < 1.29 is 23.9 Å². The highest BCUT2D eigenvalue weighted by Crippen LogP contribution is 2.39. The first-order valence-corrected chi connectivity index (χ1v) is 9.49. The van der Waals surface area contributed by atoms with E-state index in [4.69, 9.17) is 9.47 Å². The van der Waals surface area contributed by atoms with Gasteiger partial charge in [-0.25, -0.2) is 4.79 Å². The largest absolute Gasteiger partial charge is 0.509 e. The van der Waals surface area contributed by atoms with Crippen molar-refractivity contribution in [1.82, 2.24) is 4.90 Å². The van der Waals surface area contributed by atoms with Crippen molar-refractivity contribution in [3.8, 4) is 0 Å². The molecule has 2 aromatic rings. The Hall–Kier alpha value is -3.09. The second-order valence-corrected chi connectivity index (χ2v) is 7.68. The average molecular weight is 380 g/mol. The summed E-state index contributed by atoms with van der Waals surface area (Å²) in [4.78, 5) is 40.8. The number of nitrogens with zero attached hydrogens (tertiary/aromatic N) is 2. The number of benzene rings is 2. The van der Waals surface area contributed by atoms with Gasteiger partial charge in [0.25, 0.3) is 5.91 Å². The fourth-order valence-electron chi connectivity index (χ4n) is 4.51. The summed E-state index contributed by atoms with van der Waals surface area (Å²) in [5.74, 6) is -0.238. The zero-order valence-corrected chi connectivity index (χ0v) is 15.5. The van der Waals surface area contributed by atoms with E-state index in [9.17, 15) is 14.4 Å². The number of rotatable bonds is 2. The first kappa shape index (κ1) is 17.0. The summed E-state index contributed by atoms with van der Waals surface area (Å²) in [6.45, 7) is 2.96. The molecule has 1 spiro atoms. The highest BCUT2D eigenvalue weighted by Gasteiger charge is 2.46. The smallest absolute Gasteiger partial charge is 0.430 e. The number of cyclic esters (lactones) is 1. The Morgan fingerprint density at radius 2 is 1.82 bits per heavy atom. The lowest BCUT2D eigenvalue weighted by Crippen LogP contribution is -2.54. The first-order valence-electron chi connectivity index (χ1n) is 9.49. The van der Waals surface area contributed by atoms with Crippen molar-refractivity contribution in [2.75, 3.05) is 24.6 Å². The van der Waals surface area contributed by atoms with Gasteiger partial charge >= 0.3 is 6.16 Å². The van der Waals surface area contributed by atoms with Crippen LogP contribution in [0.25, 0.3) is 10.8 Å². The summed E-state index contributed by atoms with van der Waals surface area (Å²) in [6, 6.07) is 10.8. The van der Waals surface area contributed by atoms with E-state index in [2.05, 4.69) is 0 Å². The molecule has 0 N–H and O–H groups in total. The van der Waals surface area contributed by atoms with Crippen LogP contribution in [-0.4, -0.2) is 54.2 Å². The summed E-state index contributed by atoms with van der Waals surface area (Å²) in [5, 5.41) is 1.90. The maximum Gasteiger partial charge on any atom is 0.509 e.